The van der Waals surface area contributed by atoms with Crippen molar-refractivity contribution >= 4 is 17.9 Å². The topological polar surface area (TPSA) is 30.8 Å². The minimum Gasteiger partial charge on any atom is -0.491 e. The molecular formula is C26H31NO2. The van der Waals surface area contributed by atoms with Crippen LogP contribution in [0.3, 0.4) is 0 Å². The van der Waals surface area contributed by atoms with Gasteiger partial charge in [0.05, 0.1) is 12.2 Å². The van der Waals surface area contributed by atoms with Crippen molar-refractivity contribution in [2.24, 2.45) is 4.99 Å². The van der Waals surface area contributed by atoms with Gasteiger partial charge in [-0.3, -0.25) is 4.99 Å². The van der Waals surface area contributed by atoms with Gasteiger partial charge in [0.15, 0.2) is 0 Å². The zero-order valence-electron chi connectivity index (χ0n) is 18.0. The van der Waals surface area contributed by atoms with Crippen LogP contribution in [0.2, 0.25) is 0 Å². The number of allylic oxidation sites excluding steroid dienone is 4. The molecule has 29 heavy (non-hydrogen) atoms. The third kappa shape index (κ3) is 8.22. The Morgan fingerprint density at radius 1 is 0.828 bits per heavy atom. The lowest BCUT2D eigenvalue weighted by Crippen LogP contribution is -2.05. The Bertz CT molecular complexity index is 855. The van der Waals surface area contributed by atoms with E-state index in [0.717, 1.165) is 28.2 Å². The molecule has 3 nitrogen and oxygen atoms in total. The van der Waals surface area contributed by atoms with Crippen LogP contribution in [-0.4, -0.2) is 18.4 Å². The highest BCUT2D eigenvalue weighted by atomic mass is 16.5. The summed E-state index contributed by atoms with van der Waals surface area (Å²) in [6.07, 6.45) is 12.0. The first kappa shape index (κ1) is 22.2. The van der Waals surface area contributed by atoms with Gasteiger partial charge in [0.25, 0.3) is 0 Å². The molecule has 2 aromatic rings. The van der Waals surface area contributed by atoms with Gasteiger partial charge in [0.2, 0.25) is 0 Å². The number of nitrogens with zero attached hydrogens (tertiary/aromatic N) is 1. The molecule has 0 aliphatic rings. The number of benzene rings is 2. The van der Waals surface area contributed by atoms with Gasteiger partial charge in [-0.25, -0.2) is 0 Å². The van der Waals surface area contributed by atoms with Crippen molar-refractivity contribution in [3.63, 3.8) is 0 Å². The Hall–Kier alpha value is -3.07. The molecule has 0 unspecified atom stereocenters. The fraction of sp³-hybridized carbons (Fsp3) is 0.269. The van der Waals surface area contributed by atoms with Crippen LogP contribution in [0, 0.1) is 0 Å². The number of hydrogen-bond acceptors (Lipinski definition) is 3. The van der Waals surface area contributed by atoms with Crippen molar-refractivity contribution in [1.82, 2.24) is 0 Å². The van der Waals surface area contributed by atoms with Gasteiger partial charge < -0.3 is 9.47 Å². The summed E-state index contributed by atoms with van der Waals surface area (Å²) in [4.78, 5) is 4.31. The Kier molecular flexibility index (Phi) is 8.97. The van der Waals surface area contributed by atoms with E-state index in [-0.39, 0.29) is 12.2 Å². The van der Waals surface area contributed by atoms with Crippen molar-refractivity contribution in [3.8, 4) is 11.5 Å². The summed E-state index contributed by atoms with van der Waals surface area (Å²) in [6, 6.07) is 16.1. The monoisotopic (exact) mass is 389 g/mol. The van der Waals surface area contributed by atoms with Crippen molar-refractivity contribution in [2.45, 2.75) is 46.8 Å². The lowest BCUT2D eigenvalue weighted by Gasteiger charge is -2.10. The number of ether oxygens (including phenoxy) is 2. The zero-order chi connectivity index (χ0) is 21.1. The van der Waals surface area contributed by atoms with Gasteiger partial charge in [-0.05, 0) is 87.7 Å². The van der Waals surface area contributed by atoms with Crippen molar-refractivity contribution < 1.29 is 9.47 Å². The molecule has 0 atom stereocenters. The van der Waals surface area contributed by atoms with Gasteiger partial charge in [0.1, 0.15) is 11.5 Å². The van der Waals surface area contributed by atoms with E-state index in [1.54, 1.807) is 12.4 Å². The fourth-order valence-corrected chi connectivity index (χ4v) is 2.66. The fourth-order valence-electron chi connectivity index (χ4n) is 2.66. The normalized spacial score (nSPS) is 12.7. The molecule has 3 heteroatoms. The summed E-state index contributed by atoms with van der Waals surface area (Å²) in [5.74, 6) is 1.77. The largest absolute Gasteiger partial charge is 0.491 e. The number of aliphatic imine (C=N–C) groups is 1. The molecule has 0 fully saturated rings. The van der Waals surface area contributed by atoms with E-state index in [4.69, 9.17) is 9.47 Å². The number of hydrogen-bond donors (Lipinski definition) is 0. The second-order valence-electron chi connectivity index (χ2n) is 7.14. The predicted molar refractivity (Wildman–Crippen MR) is 125 cm³/mol. The molecule has 0 amide bonds. The van der Waals surface area contributed by atoms with Crippen LogP contribution in [-0.2, 0) is 0 Å². The van der Waals surface area contributed by atoms with Crippen LogP contribution in [0.4, 0.5) is 0 Å². The molecule has 2 rings (SSSR count). The minimum atomic E-state index is 0.178. The Balaban J connectivity index is 1.90. The summed E-state index contributed by atoms with van der Waals surface area (Å²) >= 11 is 0. The Morgan fingerprint density at radius 3 is 1.90 bits per heavy atom. The molecule has 0 aromatic heterocycles. The summed E-state index contributed by atoms with van der Waals surface area (Å²) in [5, 5.41) is 0. The van der Waals surface area contributed by atoms with Crippen LogP contribution >= 0.6 is 0 Å². The Morgan fingerprint density at radius 2 is 1.38 bits per heavy atom. The first-order valence-electron chi connectivity index (χ1n) is 10.0. The third-order valence-electron chi connectivity index (χ3n) is 3.92. The SMILES string of the molecule is C\C=C(/C=C\C=N\C=C\c1ccc(OC(C)C)cc1)c1ccc(OC(C)C)cc1. The maximum absolute atomic E-state index is 5.69. The summed E-state index contributed by atoms with van der Waals surface area (Å²) in [7, 11) is 0. The van der Waals surface area contributed by atoms with E-state index >= 15 is 0 Å². The highest BCUT2D eigenvalue weighted by molar-refractivity contribution is 5.81. The van der Waals surface area contributed by atoms with E-state index in [1.165, 1.54) is 0 Å². The highest BCUT2D eigenvalue weighted by Crippen LogP contribution is 2.20. The lowest BCUT2D eigenvalue weighted by atomic mass is 10.1. The average Bonchev–Trinajstić information content (AvgIpc) is 2.69. The van der Waals surface area contributed by atoms with Gasteiger partial charge in [-0.15, -0.1) is 0 Å². The van der Waals surface area contributed by atoms with Gasteiger partial charge >= 0.3 is 0 Å². The van der Waals surface area contributed by atoms with Gasteiger partial charge in [-0.1, -0.05) is 36.4 Å². The van der Waals surface area contributed by atoms with Crippen molar-refractivity contribution in [3.05, 3.63) is 84.1 Å². The van der Waals surface area contributed by atoms with Crippen molar-refractivity contribution in [2.75, 3.05) is 0 Å². The van der Waals surface area contributed by atoms with Gasteiger partial charge in [0, 0.05) is 12.4 Å². The van der Waals surface area contributed by atoms with E-state index in [2.05, 4.69) is 23.2 Å². The van der Waals surface area contributed by atoms with E-state index in [9.17, 15) is 0 Å². The first-order chi connectivity index (χ1) is 14.0. The zero-order valence-corrected chi connectivity index (χ0v) is 18.0. The molecule has 0 heterocycles. The van der Waals surface area contributed by atoms with Gasteiger partial charge in [-0.2, -0.15) is 0 Å². The summed E-state index contributed by atoms with van der Waals surface area (Å²) < 4.78 is 11.3. The lowest BCUT2D eigenvalue weighted by molar-refractivity contribution is 0.242. The molecule has 0 saturated carbocycles. The molecule has 0 N–H and O–H groups in total. The average molecular weight is 390 g/mol. The summed E-state index contributed by atoms with van der Waals surface area (Å²) in [5.41, 5.74) is 3.37. The quantitative estimate of drug-likeness (QED) is 0.343. The second kappa shape index (κ2) is 11.7. The van der Waals surface area contributed by atoms with E-state index in [1.807, 2.05) is 89.2 Å². The predicted octanol–water partition coefficient (Wildman–Crippen LogP) is 6.96. The van der Waals surface area contributed by atoms with E-state index < -0.39 is 0 Å². The van der Waals surface area contributed by atoms with Crippen LogP contribution in [0.15, 0.2) is 78.0 Å². The van der Waals surface area contributed by atoms with Crippen LogP contribution in [0.25, 0.3) is 11.6 Å². The molecule has 0 saturated heterocycles. The molecule has 0 aliphatic heterocycles. The van der Waals surface area contributed by atoms with Crippen LogP contribution in [0.1, 0.15) is 45.7 Å². The molecule has 0 aliphatic carbocycles. The summed E-state index contributed by atoms with van der Waals surface area (Å²) in [6.45, 7) is 10.1. The maximum atomic E-state index is 5.69. The first-order valence-corrected chi connectivity index (χ1v) is 10.0. The maximum Gasteiger partial charge on any atom is 0.119 e. The van der Waals surface area contributed by atoms with Crippen LogP contribution < -0.4 is 9.47 Å². The Labute approximate surface area is 175 Å². The molecule has 152 valence electrons. The van der Waals surface area contributed by atoms with Crippen LogP contribution in [0.5, 0.6) is 11.5 Å². The highest BCUT2D eigenvalue weighted by Gasteiger charge is 2.00. The molecule has 2 aromatic carbocycles. The van der Waals surface area contributed by atoms with E-state index in [0.29, 0.717) is 0 Å². The molecule has 0 spiro atoms. The standard InChI is InChI=1S/C26H31NO2/c1-6-23(24-11-15-26(16-12-24)29-21(4)5)8-7-18-27-19-17-22-9-13-25(14-10-22)28-20(2)3/h6-21H,1-5H3/b8-7-,19-17+,23-6+,27-18+. The minimum absolute atomic E-state index is 0.178. The smallest absolute Gasteiger partial charge is 0.119 e. The third-order valence-corrected chi connectivity index (χ3v) is 3.92. The molecule has 0 radical (unpaired) electrons. The second-order valence-corrected chi connectivity index (χ2v) is 7.14. The van der Waals surface area contributed by atoms with Crippen molar-refractivity contribution in [1.29, 1.82) is 0 Å². The number of rotatable bonds is 9. The molecular weight excluding hydrogens is 358 g/mol. The molecule has 0 bridgehead atoms.